The molecule has 1 saturated heterocycles. The van der Waals surface area contributed by atoms with Gasteiger partial charge in [0.2, 0.25) is 0 Å². The minimum absolute atomic E-state index is 0.00445. The topological polar surface area (TPSA) is 73.6 Å². The Balaban J connectivity index is 1.74. The molecular formula is C16H27N5O2. The van der Waals surface area contributed by atoms with Crippen molar-refractivity contribution in [2.75, 3.05) is 40.3 Å². The molecule has 1 atom stereocenters. The number of imidazole rings is 1. The molecule has 1 fully saturated rings. The molecule has 7 nitrogen and oxygen atoms in total. The van der Waals surface area contributed by atoms with Crippen LogP contribution in [0.5, 0.6) is 0 Å². The molecule has 0 saturated carbocycles. The van der Waals surface area contributed by atoms with E-state index in [4.69, 9.17) is 0 Å². The molecular weight excluding hydrogens is 294 g/mol. The van der Waals surface area contributed by atoms with Gasteiger partial charge in [0.15, 0.2) is 0 Å². The Hall–Kier alpha value is -1.44. The summed E-state index contributed by atoms with van der Waals surface area (Å²) in [5, 5.41) is 14.0. The largest absolute Gasteiger partial charge is 0.387 e. The van der Waals surface area contributed by atoms with Crippen LogP contribution in [-0.4, -0.2) is 76.2 Å². The lowest BCUT2D eigenvalue weighted by Crippen LogP contribution is -2.54. The maximum atomic E-state index is 12.4. The molecule has 0 unspecified atom stereocenters. The monoisotopic (exact) mass is 321 g/mol. The summed E-state index contributed by atoms with van der Waals surface area (Å²) < 4.78 is 2.04. The number of β-amino-alcohol motifs (C(OH)–C–C–N with tert-alkyl or cyclic N) is 1. The first-order valence-electron chi connectivity index (χ1n) is 8.33. The molecule has 0 aromatic carbocycles. The molecule has 2 aliphatic rings. The third kappa shape index (κ3) is 3.27. The van der Waals surface area contributed by atoms with Crippen molar-refractivity contribution in [1.82, 2.24) is 24.7 Å². The number of carbonyl (C=O) groups is 1. The lowest BCUT2D eigenvalue weighted by atomic mass is 9.93. The van der Waals surface area contributed by atoms with E-state index in [1.54, 1.807) is 19.0 Å². The number of aliphatic hydroxyl groups is 1. The Kier molecular flexibility index (Phi) is 4.44. The second-order valence-electron chi connectivity index (χ2n) is 7.03. The summed E-state index contributed by atoms with van der Waals surface area (Å²) >= 11 is 0. The van der Waals surface area contributed by atoms with Gasteiger partial charge < -0.3 is 19.9 Å². The van der Waals surface area contributed by atoms with Gasteiger partial charge in [-0.15, -0.1) is 0 Å². The van der Waals surface area contributed by atoms with Crippen molar-refractivity contribution in [2.45, 2.75) is 38.5 Å². The Bertz CT molecular complexity index is 590. The van der Waals surface area contributed by atoms with Crippen LogP contribution in [0.15, 0.2) is 0 Å². The Morgan fingerprint density at radius 3 is 2.87 bits per heavy atom. The number of hydrogen-bond acceptors (Lipinski definition) is 5. The van der Waals surface area contributed by atoms with Crippen molar-refractivity contribution < 1.29 is 9.90 Å². The summed E-state index contributed by atoms with van der Waals surface area (Å²) in [7, 11) is 3.53. The van der Waals surface area contributed by atoms with Gasteiger partial charge in [-0.2, -0.15) is 0 Å². The number of carbonyl (C=O) groups excluding carboxylic acids is 1. The maximum Gasteiger partial charge on any atom is 0.271 e. The van der Waals surface area contributed by atoms with Crippen LogP contribution >= 0.6 is 0 Å². The van der Waals surface area contributed by atoms with Crippen LogP contribution in [0.1, 0.15) is 34.8 Å². The molecule has 1 aromatic rings. The van der Waals surface area contributed by atoms with E-state index in [9.17, 15) is 9.90 Å². The molecule has 128 valence electrons. The molecule has 1 amide bonds. The summed E-state index contributed by atoms with van der Waals surface area (Å²) in [4.78, 5) is 20.8. The highest BCUT2D eigenvalue weighted by Gasteiger charge is 2.34. The first-order chi connectivity index (χ1) is 10.9. The van der Waals surface area contributed by atoms with Crippen molar-refractivity contribution in [3.63, 3.8) is 0 Å². The van der Waals surface area contributed by atoms with Gasteiger partial charge in [0.05, 0.1) is 17.8 Å². The first kappa shape index (κ1) is 16.4. The lowest BCUT2D eigenvalue weighted by molar-refractivity contribution is -0.0216. The van der Waals surface area contributed by atoms with Crippen LogP contribution < -0.4 is 5.32 Å². The summed E-state index contributed by atoms with van der Waals surface area (Å²) in [5.74, 6) is 0.927. The zero-order chi connectivity index (χ0) is 16.6. The number of aryl methyl sites for hydroxylation is 1. The molecule has 2 aliphatic heterocycles. The van der Waals surface area contributed by atoms with Crippen LogP contribution in [-0.2, 0) is 13.1 Å². The van der Waals surface area contributed by atoms with E-state index < -0.39 is 5.60 Å². The van der Waals surface area contributed by atoms with Crippen molar-refractivity contribution in [2.24, 2.45) is 0 Å². The fourth-order valence-electron chi connectivity index (χ4n) is 3.63. The van der Waals surface area contributed by atoms with E-state index in [1.807, 2.05) is 11.5 Å². The highest BCUT2D eigenvalue weighted by atomic mass is 16.3. The van der Waals surface area contributed by atoms with Crippen LogP contribution in [0, 0.1) is 6.92 Å². The minimum atomic E-state index is -0.648. The number of nitrogens with zero attached hydrogens (tertiary/aromatic N) is 4. The van der Waals surface area contributed by atoms with Gasteiger partial charge in [-0.05, 0) is 26.3 Å². The van der Waals surface area contributed by atoms with E-state index in [1.165, 1.54) is 0 Å². The maximum absolute atomic E-state index is 12.4. The second-order valence-corrected chi connectivity index (χ2v) is 7.03. The fraction of sp³-hybridized carbons (Fsp3) is 0.750. The number of rotatable bonds is 3. The van der Waals surface area contributed by atoms with Crippen LogP contribution in [0.25, 0.3) is 0 Å². The number of piperidine rings is 1. The highest BCUT2D eigenvalue weighted by Crippen LogP contribution is 2.23. The summed E-state index contributed by atoms with van der Waals surface area (Å²) in [6, 6.07) is 0. The van der Waals surface area contributed by atoms with Gasteiger partial charge in [0, 0.05) is 40.3 Å². The summed E-state index contributed by atoms with van der Waals surface area (Å²) in [6.45, 7) is 6.45. The fourth-order valence-corrected chi connectivity index (χ4v) is 3.63. The number of aromatic nitrogens is 2. The van der Waals surface area contributed by atoms with E-state index in [-0.39, 0.29) is 5.91 Å². The first-order valence-corrected chi connectivity index (χ1v) is 8.33. The number of nitrogens with one attached hydrogen (secondary N) is 1. The van der Waals surface area contributed by atoms with Crippen LogP contribution in [0.4, 0.5) is 0 Å². The second kappa shape index (κ2) is 6.22. The van der Waals surface area contributed by atoms with Crippen molar-refractivity contribution in [3.8, 4) is 0 Å². The number of amides is 1. The van der Waals surface area contributed by atoms with E-state index in [0.717, 1.165) is 44.0 Å². The van der Waals surface area contributed by atoms with Gasteiger partial charge in [-0.25, -0.2) is 4.98 Å². The zero-order valence-electron chi connectivity index (χ0n) is 14.3. The molecule has 3 heterocycles. The molecule has 1 aromatic heterocycles. The molecule has 0 bridgehead atoms. The molecule has 2 N–H and O–H groups in total. The molecule has 0 spiro atoms. The van der Waals surface area contributed by atoms with Crippen molar-refractivity contribution >= 4 is 5.91 Å². The standard InChI is InChI=1S/C16H27N5O2/c1-12-14(15(22)19(2)3)21-8-7-20(9-13(21)18-12)11-16(23)5-4-6-17-10-16/h17,23H,4-11H2,1-3H3/t16-/m0/s1. The van der Waals surface area contributed by atoms with Gasteiger partial charge >= 0.3 is 0 Å². The third-order valence-corrected chi connectivity index (χ3v) is 4.80. The molecule has 0 aliphatic carbocycles. The van der Waals surface area contributed by atoms with Crippen LogP contribution in [0.3, 0.4) is 0 Å². The predicted molar refractivity (Wildman–Crippen MR) is 87.3 cm³/mol. The van der Waals surface area contributed by atoms with Gasteiger partial charge in [-0.1, -0.05) is 0 Å². The highest BCUT2D eigenvalue weighted by molar-refractivity contribution is 5.93. The lowest BCUT2D eigenvalue weighted by Gasteiger charge is -2.38. The van der Waals surface area contributed by atoms with Gasteiger partial charge in [-0.3, -0.25) is 9.69 Å². The molecule has 0 radical (unpaired) electrons. The van der Waals surface area contributed by atoms with Crippen molar-refractivity contribution in [3.05, 3.63) is 17.2 Å². The van der Waals surface area contributed by atoms with Gasteiger partial charge in [0.25, 0.3) is 5.91 Å². The normalized spacial score (nSPS) is 25.2. The molecule has 23 heavy (non-hydrogen) atoms. The zero-order valence-corrected chi connectivity index (χ0v) is 14.3. The molecule has 7 heteroatoms. The predicted octanol–water partition coefficient (Wildman–Crippen LogP) is -0.177. The average Bonchev–Trinajstić information content (AvgIpc) is 2.81. The summed E-state index contributed by atoms with van der Waals surface area (Å²) in [5.41, 5.74) is 0.839. The smallest absolute Gasteiger partial charge is 0.271 e. The third-order valence-electron chi connectivity index (χ3n) is 4.80. The summed E-state index contributed by atoms with van der Waals surface area (Å²) in [6.07, 6.45) is 1.86. The minimum Gasteiger partial charge on any atom is -0.387 e. The number of fused-ring (bicyclic) bond motifs is 1. The van der Waals surface area contributed by atoms with Crippen molar-refractivity contribution in [1.29, 1.82) is 0 Å². The van der Waals surface area contributed by atoms with Gasteiger partial charge in [0.1, 0.15) is 11.5 Å². The Morgan fingerprint density at radius 2 is 2.22 bits per heavy atom. The Labute approximate surface area is 137 Å². The quantitative estimate of drug-likeness (QED) is 0.808. The SMILES string of the molecule is Cc1nc2n(c1C(=O)N(C)C)CCN(C[C@]1(O)CCCNC1)C2. The Morgan fingerprint density at radius 1 is 1.43 bits per heavy atom. The van der Waals surface area contributed by atoms with E-state index >= 15 is 0 Å². The average molecular weight is 321 g/mol. The van der Waals surface area contributed by atoms with E-state index in [2.05, 4.69) is 15.2 Å². The van der Waals surface area contributed by atoms with E-state index in [0.29, 0.717) is 25.3 Å². The number of hydrogen-bond donors (Lipinski definition) is 2. The van der Waals surface area contributed by atoms with Crippen LogP contribution in [0.2, 0.25) is 0 Å². The molecule has 3 rings (SSSR count).